The summed E-state index contributed by atoms with van der Waals surface area (Å²) in [6, 6.07) is 21.3. The molecule has 0 fully saturated rings. The summed E-state index contributed by atoms with van der Waals surface area (Å²) in [6.45, 7) is 8.73. The third-order valence-corrected chi connectivity index (χ3v) is 7.27. The van der Waals surface area contributed by atoms with Crippen molar-refractivity contribution in [1.29, 1.82) is 0 Å². The van der Waals surface area contributed by atoms with Gasteiger partial charge in [-0.2, -0.15) is 12.6 Å². The molecule has 0 aliphatic heterocycles. The highest BCUT2D eigenvalue weighted by Crippen LogP contribution is 2.29. The molecule has 0 aliphatic rings. The molecule has 2 aromatic heterocycles. The molecular formula is C37H49N7O3S. The number of amides is 2. The highest BCUT2D eigenvalue weighted by molar-refractivity contribution is 7.80. The van der Waals surface area contributed by atoms with E-state index in [2.05, 4.69) is 122 Å². The lowest BCUT2D eigenvalue weighted by Crippen LogP contribution is -2.38. The number of H-pyrrole nitrogens is 2. The van der Waals surface area contributed by atoms with Crippen molar-refractivity contribution in [2.75, 3.05) is 39.6 Å². The molecule has 10 nitrogen and oxygen atoms in total. The maximum absolute atomic E-state index is 12.4. The number of methoxy groups -OCH3 is 1. The van der Waals surface area contributed by atoms with Crippen LogP contribution in [0.1, 0.15) is 45.3 Å². The molecule has 0 atom stereocenters. The molecule has 48 heavy (non-hydrogen) atoms. The van der Waals surface area contributed by atoms with Gasteiger partial charge in [-0.3, -0.25) is 9.59 Å². The van der Waals surface area contributed by atoms with Gasteiger partial charge < -0.3 is 30.2 Å². The second kappa shape index (κ2) is 20.7. The fourth-order valence-electron chi connectivity index (χ4n) is 4.89. The zero-order valence-corrected chi connectivity index (χ0v) is 29.6. The van der Waals surface area contributed by atoms with Crippen LogP contribution in [0.3, 0.4) is 0 Å². The Morgan fingerprint density at radius 1 is 0.854 bits per heavy atom. The first kappa shape index (κ1) is 38.0. The van der Waals surface area contributed by atoms with Crippen molar-refractivity contribution in [3.63, 3.8) is 0 Å². The number of benzene rings is 3. The summed E-state index contributed by atoms with van der Waals surface area (Å²) in [6.07, 6.45) is 6.27. The number of fused-ring (bicyclic) bond motifs is 1. The second-order valence-electron chi connectivity index (χ2n) is 11.2. The van der Waals surface area contributed by atoms with Crippen LogP contribution in [0, 0.1) is 0 Å². The van der Waals surface area contributed by atoms with Crippen LogP contribution < -0.4 is 10.6 Å². The smallest absolute Gasteiger partial charge is 0.242 e. The summed E-state index contributed by atoms with van der Waals surface area (Å²) in [4.78, 5) is 40.4. The van der Waals surface area contributed by atoms with Crippen molar-refractivity contribution >= 4 is 35.7 Å². The van der Waals surface area contributed by atoms with Crippen molar-refractivity contribution < 1.29 is 14.3 Å². The normalized spacial score (nSPS) is 10.5. The molecule has 256 valence electrons. The average Bonchev–Trinajstić information content (AvgIpc) is 3.78. The predicted octanol–water partition coefficient (Wildman–Crippen LogP) is 6.47. The van der Waals surface area contributed by atoms with Crippen molar-refractivity contribution in [3.05, 3.63) is 84.7 Å². The molecular weight excluding hydrogens is 623 g/mol. The number of imidazole rings is 2. The van der Waals surface area contributed by atoms with Gasteiger partial charge in [-0.05, 0) is 46.0 Å². The Morgan fingerprint density at radius 3 is 2.02 bits per heavy atom. The van der Waals surface area contributed by atoms with Crippen LogP contribution in [0.15, 0.2) is 73.1 Å². The molecule has 0 saturated heterocycles. The number of ether oxygens (including phenoxy) is 1. The second-order valence-corrected chi connectivity index (χ2v) is 11.6. The molecule has 4 N–H and O–H groups in total. The molecule has 5 aromatic rings. The van der Waals surface area contributed by atoms with E-state index in [0.29, 0.717) is 31.9 Å². The summed E-state index contributed by atoms with van der Waals surface area (Å²) in [5.74, 6) is 2.27. The third kappa shape index (κ3) is 11.4. The van der Waals surface area contributed by atoms with Crippen LogP contribution in [-0.4, -0.2) is 76.8 Å². The van der Waals surface area contributed by atoms with E-state index in [1.165, 1.54) is 6.42 Å². The number of thiol groups is 1. The number of carbonyl (C=O) groups excluding carboxylic acids is 2. The molecule has 0 saturated carbocycles. The number of hydrogen-bond acceptors (Lipinski definition) is 7. The first-order valence-corrected chi connectivity index (χ1v) is 16.9. The minimum Gasteiger partial charge on any atom is -0.388 e. The first-order valence-electron chi connectivity index (χ1n) is 16.3. The van der Waals surface area contributed by atoms with Crippen LogP contribution >= 0.6 is 12.6 Å². The number of hydrogen-bond donors (Lipinski definition) is 5. The molecule has 5 rings (SSSR count). The van der Waals surface area contributed by atoms with E-state index < -0.39 is 0 Å². The van der Waals surface area contributed by atoms with Gasteiger partial charge in [0.2, 0.25) is 12.3 Å². The van der Waals surface area contributed by atoms with Gasteiger partial charge in [0, 0.05) is 38.6 Å². The van der Waals surface area contributed by atoms with Gasteiger partial charge in [-0.25, -0.2) is 9.97 Å². The lowest BCUT2D eigenvalue weighted by molar-refractivity contribution is -0.132. The van der Waals surface area contributed by atoms with Crippen LogP contribution in [0.25, 0.3) is 44.4 Å². The molecule has 11 heteroatoms. The van der Waals surface area contributed by atoms with Crippen LogP contribution in [0.5, 0.6) is 0 Å². The number of aromatic nitrogens is 4. The molecule has 0 spiro atoms. The van der Waals surface area contributed by atoms with E-state index in [1.54, 1.807) is 25.3 Å². The molecule has 0 bridgehead atoms. The predicted molar refractivity (Wildman–Crippen MR) is 199 cm³/mol. The lowest BCUT2D eigenvalue weighted by Gasteiger charge is -2.20. The van der Waals surface area contributed by atoms with Crippen LogP contribution in [0.2, 0.25) is 0 Å². The molecule has 0 aliphatic carbocycles. The Balaban J connectivity index is 0.000000969. The Hall–Kier alpha value is -4.45. The zero-order valence-electron chi connectivity index (χ0n) is 28.7. The van der Waals surface area contributed by atoms with Gasteiger partial charge in [0.25, 0.3) is 0 Å². The first-order chi connectivity index (χ1) is 23.4. The molecule has 2 amide bonds. The van der Waals surface area contributed by atoms with Crippen molar-refractivity contribution in [2.24, 2.45) is 0 Å². The standard InChI is InChI=1S/C32H35N7O2S.C3H8.C2H6O/c1-2-12-39(32(41)19-34-21-40)20-31-36-17-29(38-31)27-10-9-25-14-24(7-8-26(25)15-27)22-3-5-23(6-4-22)28-16-35-30(37-28)18-33-11-13-42;2*1-3-2/h3-10,14-17,21,33,42H,2,11-13,18-20H2,1H3,(H,34,40)(H,35,37)(H,36,38);3H2,1-2H3;1-2H3. The number of rotatable bonds is 14. The topological polar surface area (TPSA) is 128 Å². The van der Waals surface area contributed by atoms with E-state index in [1.807, 2.05) is 13.1 Å². The van der Waals surface area contributed by atoms with Crippen molar-refractivity contribution in [2.45, 2.75) is 46.7 Å². The minimum atomic E-state index is -0.137. The van der Waals surface area contributed by atoms with Gasteiger partial charge in [0.05, 0.1) is 43.4 Å². The Morgan fingerprint density at radius 2 is 1.40 bits per heavy atom. The van der Waals surface area contributed by atoms with E-state index in [9.17, 15) is 9.59 Å². The van der Waals surface area contributed by atoms with E-state index in [4.69, 9.17) is 0 Å². The number of nitrogens with zero attached hydrogens (tertiary/aromatic N) is 3. The minimum absolute atomic E-state index is 0.0197. The van der Waals surface area contributed by atoms with E-state index in [-0.39, 0.29) is 12.5 Å². The van der Waals surface area contributed by atoms with Crippen molar-refractivity contribution in [3.8, 4) is 33.6 Å². The van der Waals surface area contributed by atoms with Gasteiger partial charge in [-0.1, -0.05) is 75.7 Å². The molecule has 0 unspecified atom stereocenters. The highest BCUT2D eigenvalue weighted by atomic mass is 32.1. The Bertz CT molecular complexity index is 1680. The van der Waals surface area contributed by atoms with Gasteiger partial charge in [-0.15, -0.1) is 0 Å². The largest absolute Gasteiger partial charge is 0.388 e. The number of nitrogens with one attached hydrogen (secondary N) is 4. The summed E-state index contributed by atoms with van der Waals surface area (Å²) in [5, 5.41) is 8.01. The molecule has 3 aromatic carbocycles. The third-order valence-electron chi connectivity index (χ3n) is 7.04. The quantitative estimate of drug-likeness (QED) is 0.0523. The Kier molecular flexibility index (Phi) is 16.4. The summed E-state index contributed by atoms with van der Waals surface area (Å²) >= 11 is 4.22. The monoisotopic (exact) mass is 671 g/mol. The maximum Gasteiger partial charge on any atom is 0.242 e. The maximum atomic E-state index is 12.4. The van der Waals surface area contributed by atoms with E-state index >= 15 is 0 Å². The van der Waals surface area contributed by atoms with Crippen LogP contribution in [0.4, 0.5) is 0 Å². The SMILES string of the molecule is CCC.CCCN(Cc1ncc(-c2ccc3cc(-c4ccc(-c5cnc(CNCCS)[nH]5)cc4)ccc3c2)[nH]1)C(=O)CNC=O.COC. The number of carbonyl (C=O) groups is 2. The summed E-state index contributed by atoms with van der Waals surface area (Å²) in [5.41, 5.74) is 6.30. The van der Waals surface area contributed by atoms with Crippen molar-refractivity contribution in [1.82, 2.24) is 35.5 Å². The summed E-state index contributed by atoms with van der Waals surface area (Å²) in [7, 11) is 3.25. The van der Waals surface area contributed by atoms with Crippen LogP contribution in [-0.2, 0) is 27.4 Å². The van der Waals surface area contributed by atoms with Gasteiger partial charge in [0.15, 0.2) is 0 Å². The molecule has 2 heterocycles. The fourth-order valence-corrected chi connectivity index (χ4v) is 5.05. The fraction of sp³-hybridized carbons (Fsp3) is 0.351. The Labute approximate surface area is 289 Å². The zero-order chi connectivity index (χ0) is 34.7. The van der Waals surface area contributed by atoms with Gasteiger partial charge in [0.1, 0.15) is 11.6 Å². The number of aromatic amines is 2. The lowest BCUT2D eigenvalue weighted by atomic mass is 9.98. The highest BCUT2D eigenvalue weighted by Gasteiger charge is 2.15. The van der Waals surface area contributed by atoms with E-state index in [0.717, 1.165) is 69.0 Å². The van der Waals surface area contributed by atoms with Gasteiger partial charge >= 0.3 is 0 Å². The molecule has 0 radical (unpaired) electrons. The average molecular weight is 672 g/mol. The summed E-state index contributed by atoms with van der Waals surface area (Å²) < 4.78 is 4.25.